The normalized spacial score (nSPS) is 10.9. The van der Waals surface area contributed by atoms with Gasteiger partial charge < -0.3 is 30.4 Å². The lowest BCUT2D eigenvalue weighted by Crippen LogP contribution is -2.17. The van der Waals surface area contributed by atoms with E-state index in [2.05, 4.69) is 6.92 Å². The van der Waals surface area contributed by atoms with E-state index in [1.54, 1.807) is 54.6 Å². The number of nitrogen functional groups attached to an aromatic ring is 1. The number of carbonyl (C=O) groups is 2. The molecular formula is C37H38F4N2O6. The predicted molar refractivity (Wildman–Crippen MR) is 177 cm³/mol. The quantitative estimate of drug-likeness (QED) is 0.0284. The number of carbonyl (C=O) groups excluding carboxylic acids is 2. The second-order valence-corrected chi connectivity index (χ2v) is 11.1. The van der Waals surface area contributed by atoms with Crippen LogP contribution in [0.2, 0.25) is 0 Å². The zero-order chi connectivity index (χ0) is 35.3. The number of benzene rings is 4. The van der Waals surface area contributed by atoms with Crippen LogP contribution >= 0.6 is 0 Å². The number of anilines is 1. The van der Waals surface area contributed by atoms with Gasteiger partial charge >= 0.3 is 11.9 Å². The van der Waals surface area contributed by atoms with Gasteiger partial charge in [-0.2, -0.15) is 0 Å². The second-order valence-electron chi connectivity index (χ2n) is 11.1. The highest BCUT2D eigenvalue weighted by Gasteiger charge is 2.29. The Balaban J connectivity index is 1.41. The summed E-state index contributed by atoms with van der Waals surface area (Å²) in [7, 11) is 0. The smallest absolute Gasteiger partial charge is 0.349 e. The van der Waals surface area contributed by atoms with Crippen molar-refractivity contribution in [3.05, 3.63) is 101 Å². The molecule has 4 aromatic rings. The standard InChI is InChI=1S/C37H38F4N2O6/c1-2-3-7-20-46-27-17-18-28(29(22-27)47-21-8-5-4-6-19-42)36(44)48-25-13-9-23(10-14-25)24-11-15-26(16-12-24)49-37(45)30-31(38)33(40)35(43)34(41)32(30)39/h9-18,22H,2-8,19-21,42-43H2,1H3. The van der Waals surface area contributed by atoms with Gasteiger partial charge in [-0.3, -0.25) is 0 Å². The molecule has 4 rings (SSSR count). The molecule has 4 N–H and O–H groups in total. The Morgan fingerprint density at radius 2 is 1.12 bits per heavy atom. The molecule has 0 bridgehead atoms. The van der Waals surface area contributed by atoms with Crippen molar-refractivity contribution in [3.8, 4) is 34.1 Å². The number of unbranched alkanes of at least 4 members (excludes halogenated alkanes) is 5. The van der Waals surface area contributed by atoms with E-state index < -0.39 is 46.5 Å². The molecule has 0 saturated carbocycles. The predicted octanol–water partition coefficient (Wildman–Crippen LogP) is 8.40. The van der Waals surface area contributed by atoms with Gasteiger partial charge in [-0.15, -0.1) is 0 Å². The lowest BCUT2D eigenvalue weighted by molar-refractivity contribution is 0.0715. The van der Waals surface area contributed by atoms with Crippen LogP contribution in [0.15, 0.2) is 66.7 Å². The highest BCUT2D eigenvalue weighted by molar-refractivity contribution is 5.94. The Labute approximate surface area is 281 Å². The van der Waals surface area contributed by atoms with E-state index in [-0.39, 0.29) is 17.1 Å². The summed E-state index contributed by atoms with van der Waals surface area (Å²) in [5.74, 6) is -8.85. The molecule has 0 heterocycles. The molecule has 0 aromatic heterocycles. The van der Waals surface area contributed by atoms with Gasteiger partial charge in [0.1, 0.15) is 39.8 Å². The average molecular weight is 683 g/mol. The van der Waals surface area contributed by atoms with Crippen LogP contribution in [-0.2, 0) is 0 Å². The molecule has 8 nitrogen and oxygen atoms in total. The van der Waals surface area contributed by atoms with E-state index >= 15 is 0 Å². The third-order valence-corrected chi connectivity index (χ3v) is 7.51. The SMILES string of the molecule is CCCCCOc1ccc(C(=O)Oc2ccc(-c3ccc(OC(=O)c4c(F)c(F)c(N)c(F)c4F)cc3)cc2)c(OCCCCCCN)c1. The maximum absolute atomic E-state index is 14.1. The zero-order valence-corrected chi connectivity index (χ0v) is 27.0. The van der Waals surface area contributed by atoms with Crippen LogP contribution in [0.25, 0.3) is 11.1 Å². The molecule has 49 heavy (non-hydrogen) atoms. The first kappa shape index (κ1) is 36.7. The molecule has 0 aliphatic heterocycles. The van der Waals surface area contributed by atoms with Gasteiger partial charge in [-0.1, -0.05) is 56.9 Å². The fourth-order valence-electron chi connectivity index (χ4n) is 4.78. The van der Waals surface area contributed by atoms with Gasteiger partial charge in [-0.25, -0.2) is 27.2 Å². The van der Waals surface area contributed by atoms with Crippen molar-refractivity contribution in [2.75, 3.05) is 25.5 Å². The van der Waals surface area contributed by atoms with Crippen LogP contribution in [-0.4, -0.2) is 31.7 Å². The van der Waals surface area contributed by atoms with E-state index in [0.29, 0.717) is 42.4 Å². The minimum Gasteiger partial charge on any atom is -0.493 e. The maximum Gasteiger partial charge on any atom is 0.349 e. The molecule has 0 aliphatic carbocycles. The van der Waals surface area contributed by atoms with Crippen molar-refractivity contribution in [3.63, 3.8) is 0 Å². The first-order valence-corrected chi connectivity index (χ1v) is 16.0. The summed E-state index contributed by atoms with van der Waals surface area (Å²) in [6.07, 6.45) is 6.75. The Kier molecular flexibility index (Phi) is 13.4. The molecule has 0 saturated heterocycles. The fraction of sp³-hybridized carbons (Fsp3) is 0.297. The third-order valence-electron chi connectivity index (χ3n) is 7.51. The lowest BCUT2D eigenvalue weighted by Gasteiger charge is -2.14. The minimum absolute atomic E-state index is 0.137. The minimum atomic E-state index is -1.96. The lowest BCUT2D eigenvalue weighted by atomic mass is 10.1. The Morgan fingerprint density at radius 3 is 1.69 bits per heavy atom. The van der Waals surface area contributed by atoms with E-state index in [1.807, 2.05) is 0 Å². The summed E-state index contributed by atoms with van der Waals surface area (Å²) in [4.78, 5) is 25.5. The zero-order valence-electron chi connectivity index (χ0n) is 27.0. The van der Waals surface area contributed by atoms with Crippen molar-refractivity contribution >= 4 is 17.6 Å². The Bertz CT molecular complexity index is 1700. The van der Waals surface area contributed by atoms with Gasteiger partial charge in [0.05, 0.1) is 13.2 Å². The van der Waals surface area contributed by atoms with Crippen molar-refractivity contribution in [2.45, 2.75) is 51.9 Å². The number of rotatable bonds is 17. The molecule has 4 aromatic carbocycles. The van der Waals surface area contributed by atoms with Gasteiger partial charge in [0.15, 0.2) is 23.3 Å². The molecule has 0 aliphatic rings. The van der Waals surface area contributed by atoms with Gasteiger partial charge in [0.25, 0.3) is 0 Å². The number of halogens is 4. The fourth-order valence-corrected chi connectivity index (χ4v) is 4.78. The molecule has 0 atom stereocenters. The highest BCUT2D eigenvalue weighted by atomic mass is 19.2. The van der Waals surface area contributed by atoms with Gasteiger partial charge in [0.2, 0.25) is 0 Å². The molecule has 0 radical (unpaired) electrons. The van der Waals surface area contributed by atoms with E-state index in [0.717, 1.165) is 44.9 Å². The second kappa shape index (κ2) is 17.9. The summed E-state index contributed by atoms with van der Waals surface area (Å²) >= 11 is 0. The van der Waals surface area contributed by atoms with Crippen LogP contribution < -0.4 is 30.4 Å². The molecule has 0 spiro atoms. The van der Waals surface area contributed by atoms with Crippen LogP contribution in [0.5, 0.6) is 23.0 Å². The highest BCUT2D eigenvalue weighted by Crippen LogP contribution is 2.30. The van der Waals surface area contributed by atoms with Crippen molar-refractivity contribution in [1.82, 2.24) is 0 Å². The maximum atomic E-state index is 14.1. The first-order chi connectivity index (χ1) is 23.6. The van der Waals surface area contributed by atoms with Crippen LogP contribution in [0, 0.1) is 23.3 Å². The summed E-state index contributed by atoms with van der Waals surface area (Å²) in [5, 5.41) is 0. The Morgan fingerprint density at radius 1 is 0.612 bits per heavy atom. The van der Waals surface area contributed by atoms with Crippen LogP contribution in [0.4, 0.5) is 23.2 Å². The van der Waals surface area contributed by atoms with E-state index in [9.17, 15) is 27.2 Å². The van der Waals surface area contributed by atoms with Gasteiger partial charge in [0, 0.05) is 6.07 Å². The number of esters is 2. The molecule has 0 fully saturated rings. The van der Waals surface area contributed by atoms with E-state index in [4.69, 9.17) is 30.4 Å². The van der Waals surface area contributed by atoms with E-state index in [1.165, 1.54) is 12.1 Å². The summed E-state index contributed by atoms with van der Waals surface area (Å²) in [6, 6.07) is 17.4. The largest absolute Gasteiger partial charge is 0.493 e. The monoisotopic (exact) mass is 682 g/mol. The van der Waals surface area contributed by atoms with Crippen LogP contribution in [0.1, 0.15) is 72.6 Å². The topological polar surface area (TPSA) is 123 Å². The van der Waals surface area contributed by atoms with Crippen molar-refractivity contribution in [2.24, 2.45) is 5.73 Å². The molecular weight excluding hydrogens is 644 g/mol. The molecule has 0 amide bonds. The number of hydrogen-bond donors (Lipinski definition) is 2. The molecule has 260 valence electrons. The average Bonchev–Trinajstić information content (AvgIpc) is 3.10. The number of ether oxygens (including phenoxy) is 4. The Hall–Kier alpha value is -5.10. The third kappa shape index (κ3) is 9.73. The van der Waals surface area contributed by atoms with Crippen molar-refractivity contribution < 1.29 is 46.1 Å². The molecule has 12 heteroatoms. The summed E-state index contributed by atoms with van der Waals surface area (Å²) in [6.45, 7) is 3.74. The first-order valence-electron chi connectivity index (χ1n) is 16.0. The van der Waals surface area contributed by atoms with Gasteiger partial charge in [-0.05, 0) is 73.3 Å². The molecule has 0 unspecified atom stereocenters. The number of nitrogens with two attached hydrogens (primary N) is 2. The van der Waals surface area contributed by atoms with Crippen LogP contribution in [0.3, 0.4) is 0 Å². The van der Waals surface area contributed by atoms with Crippen molar-refractivity contribution in [1.29, 1.82) is 0 Å². The summed E-state index contributed by atoms with van der Waals surface area (Å²) in [5.41, 5.74) is 9.22. The number of hydrogen-bond acceptors (Lipinski definition) is 8. The summed E-state index contributed by atoms with van der Waals surface area (Å²) < 4.78 is 78.2.